The molecule has 20 aromatic rings. The Kier molecular flexibility index (Phi) is 13.9. The molecule has 2 aliphatic carbocycles. The van der Waals surface area contributed by atoms with E-state index < -0.39 is 10.8 Å². The maximum absolute atomic E-state index is 2.58. The van der Waals surface area contributed by atoms with Crippen molar-refractivity contribution >= 4 is 77.7 Å². The third-order valence-corrected chi connectivity index (χ3v) is 25.3. The Labute approximate surface area is 661 Å². The van der Waals surface area contributed by atoms with Crippen LogP contribution >= 0.6 is 0 Å². The third-order valence-electron chi connectivity index (χ3n) is 25.3. The number of anilines is 6. The van der Waals surface area contributed by atoms with Crippen LogP contribution < -0.4 is 9.80 Å². The molecule has 114 heavy (non-hydrogen) atoms. The molecule has 4 heterocycles. The minimum absolute atomic E-state index is 0.588. The summed E-state index contributed by atoms with van der Waals surface area (Å²) in [6.45, 7) is 0. The van der Waals surface area contributed by atoms with Crippen LogP contribution in [0.5, 0.6) is 0 Å². The normalized spacial score (nSPS) is 14.1. The molecule has 2 aromatic heterocycles. The smallest absolute Gasteiger partial charge is 0.0755 e. The number of benzene rings is 18. The first-order chi connectivity index (χ1) is 56.6. The minimum atomic E-state index is -0.648. The molecule has 0 N–H and O–H groups in total. The lowest BCUT2D eigenvalue weighted by Crippen LogP contribution is -2.33. The third kappa shape index (κ3) is 9.05. The summed E-state index contributed by atoms with van der Waals surface area (Å²) >= 11 is 0. The second-order valence-corrected chi connectivity index (χ2v) is 30.9. The van der Waals surface area contributed by atoms with E-state index >= 15 is 0 Å². The summed E-state index contributed by atoms with van der Waals surface area (Å²) in [5, 5.41) is 4.94. The SMILES string of the molecule is c1ccc(-c2ccc(-c3ccccc3N(c3ccccc3)c3cc4c5c(c3)c3cc(-c6ccc(-c7cccc(-c8cccc(N(c9ccccc9)c9cccc%10c9-c9ccccc9C%109c%10ccccc%10-n%10c%11ccccc%11c%11cccc9c%11%10)c8)c7)cc6)ccc3n5-c3ccccc3C43c4ccccc4-c4ccccc43)cc2)cc1. The highest BCUT2D eigenvalue weighted by atomic mass is 15.2. The fourth-order valence-corrected chi connectivity index (χ4v) is 20.7. The molecular formula is C110H70N4. The molecule has 1 unspecified atom stereocenters. The Morgan fingerprint density at radius 3 is 1.25 bits per heavy atom. The molecule has 0 fully saturated rings. The van der Waals surface area contributed by atoms with Gasteiger partial charge in [0.25, 0.3) is 0 Å². The summed E-state index contributed by atoms with van der Waals surface area (Å²) in [5.41, 5.74) is 39.6. The van der Waals surface area contributed by atoms with Gasteiger partial charge in [0.05, 0.1) is 55.6 Å². The van der Waals surface area contributed by atoms with Crippen molar-refractivity contribution in [3.63, 3.8) is 0 Å². The molecule has 0 radical (unpaired) electrons. The predicted octanol–water partition coefficient (Wildman–Crippen LogP) is 28.5. The average molecular weight is 1450 g/mol. The van der Waals surface area contributed by atoms with Crippen molar-refractivity contribution in [2.24, 2.45) is 0 Å². The van der Waals surface area contributed by atoms with Gasteiger partial charge in [0.2, 0.25) is 0 Å². The molecule has 0 saturated heterocycles. The first kappa shape index (κ1) is 64.0. The van der Waals surface area contributed by atoms with E-state index in [9.17, 15) is 0 Å². The Balaban J connectivity index is 0.629. The Morgan fingerprint density at radius 1 is 0.184 bits per heavy atom. The summed E-state index contributed by atoms with van der Waals surface area (Å²) in [7, 11) is 0. The molecule has 4 nitrogen and oxygen atoms in total. The zero-order chi connectivity index (χ0) is 74.7. The van der Waals surface area contributed by atoms with Crippen LogP contribution in [0, 0.1) is 0 Å². The van der Waals surface area contributed by atoms with Gasteiger partial charge >= 0.3 is 0 Å². The van der Waals surface area contributed by atoms with Gasteiger partial charge in [-0.15, -0.1) is 0 Å². The quantitative estimate of drug-likeness (QED) is 0.128. The number of aromatic nitrogens is 2. The van der Waals surface area contributed by atoms with E-state index in [1.165, 1.54) is 133 Å². The number of para-hydroxylation sites is 7. The largest absolute Gasteiger partial charge is 0.310 e. The number of hydrogen-bond acceptors (Lipinski definition) is 2. The molecule has 0 saturated carbocycles. The lowest BCUT2D eigenvalue weighted by molar-refractivity contribution is 0.748. The summed E-state index contributed by atoms with van der Waals surface area (Å²) in [6, 6.07) is 159. The van der Waals surface area contributed by atoms with Gasteiger partial charge < -0.3 is 18.9 Å². The molecule has 24 rings (SSSR count). The van der Waals surface area contributed by atoms with Gasteiger partial charge in [-0.1, -0.05) is 328 Å². The van der Waals surface area contributed by atoms with Gasteiger partial charge in [0.1, 0.15) is 0 Å². The van der Waals surface area contributed by atoms with Crippen molar-refractivity contribution in [2.75, 3.05) is 9.80 Å². The summed E-state index contributed by atoms with van der Waals surface area (Å²) < 4.78 is 5.11. The van der Waals surface area contributed by atoms with E-state index in [1.807, 2.05) is 0 Å². The Hall–Kier alpha value is -14.8. The molecule has 18 aromatic carbocycles. The van der Waals surface area contributed by atoms with Gasteiger partial charge in [0, 0.05) is 55.4 Å². The maximum atomic E-state index is 2.58. The lowest BCUT2D eigenvalue weighted by Gasteiger charge is -2.40. The Morgan fingerprint density at radius 2 is 0.579 bits per heavy atom. The van der Waals surface area contributed by atoms with E-state index in [-0.39, 0.29) is 0 Å². The van der Waals surface area contributed by atoms with Gasteiger partial charge in [-0.3, -0.25) is 0 Å². The summed E-state index contributed by atoms with van der Waals surface area (Å²) in [6.07, 6.45) is 0. The number of hydrogen-bond donors (Lipinski definition) is 0. The molecule has 1 atom stereocenters. The molecule has 2 spiro atoms. The highest BCUT2D eigenvalue weighted by Gasteiger charge is 2.53. The summed E-state index contributed by atoms with van der Waals surface area (Å²) in [4.78, 5) is 5.00. The molecular weight excluding hydrogens is 1380 g/mol. The van der Waals surface area contributed by atoms with E-state index in [4.69, 9.17) is 0 Å². The van der Waals surface area contributed by atoms with Crippen molar-refractivity contribution in [1.82, 2.24) is 9.13 Å². The minimum Gasteiger partial charge on any atom is -0.310 e. The highest BCUT2D eigenvalue weighted by Crippen LogP contribution is 2.65. The number of fused-ring (bicyclic) bond motifs is 24. The van der Waals surface area contributed by atoms with Crippen LogP contribution in [-0.4, -0.2) is 9.13 Å². The highest BCUT2D eigenvalue weighted by molar-refractivity contribution is 6.17. The van der Waals surface area contributed by atoms with Crippen LogP contribution in [0.15, 0.2) is 425 Å². The van der Waals surface area contributed by atoms with Crippen molar-refractivity contribution in [1.29, 1.82) is 0 Å². The van der Waals surface area contributed by atoms with Crippen molar-refractivity contribution < 1.29 is 0 Å². The number of rotatable bonds is 11. The van der Waals surface area contributed by atoms with Gasteiger partial charge in [-0.05, 0) is 208 Å². The topological polar surface area (TPSA) is 16.3 Å². The van der Waals surface area contributed by atoms with Crippen molar-refractivity contribution in [3.8, 4) is 89.3 Å². The van der Waals surface area contributed by atoms with E-state index in [0.717, 1.165) is 78.6 Å². The van der Waals surface area contributed by atoms with Crippen molar-refractivity contribution in [3.05, 3.63) is 469 Å². The van der Waals surface area contributed by atoms with Crippen LogP contribution in [0.1, 0.15) is 44.5 Å². The predicted molar refractivity (Wildman–Crippen MR) is 473 cm³/mol. The van der Waals surface area contributed by atoms with Gasteiger partial charge in [-0.25, -0.2) is 0 Å². The van der Waals surface area contributed by atoms with E-state index in [0.29, 0.717) is 0 Å². The fourth-order valence-electron chi connectivity index (χ4n) is 20.7. The molecule has 2 aliphatic heterocycles. The van der Waals surface area contributed by atoms with E-state index in [1.54, 1.807) is 0 Å². The first-order valence-electron chi connectivity index (χ1n) is 39.6. The summed E-state index contributed by atoms with van der Waals surface area (Å²) in [5.74, 6) is 0. The van der Waals surface area contributed by atoms with Gasteiger partial charge in [0.15, 0.2) is 0 Å². The standard InChI is InChI=1S/C110H70N4/c1-4-28-71(29-5-1)72-60-62-75(63-61-72)84-38-13-20-51-100(84)112(81-35-8-3-9-36-81)83-69-91-90-68-79(64-65-102(90)114-103-53-22-18-47-95(103)109(99(70-83)108(91)114)92-44-15-10-39-85(92)86-40-11-16-45-93(86)109)74-58-56-73(57-59-74)76-30-24-31-77(66-76)78-32-25-37-82(67-78)111(80-33-6-2-7-34-80)105-55-27-49-97-106(105)89-42-12-17-46-94(89)110(97)96-48-19-23-54-104(96)113-101-52-21-14-41-87(101)88-43-26-50-98(110)107(88)113/h1-70H. The Bertz CT molecular complexity index is 7310. The van der Waals surface area contributed by atoms with Crippen molar-refractivity contribution in [2.45, 2.75) is 10.8 Å². The molecule has 0 bridgehead atoms. The zero-order valence-electron chi connectivity index (χ0n) is 62.2. The maximum Gasteiger partial charge on any atom is 0.0755 e. The average Bonchev–Trinajstić information content (AvgIpc) is 1.49. The molecule has 4 heteroatoms. The second-order valence-electron chi connectivity index (χ2n) is 30.9. The van der Waals surface area contributed by atoms with Crippen LogP contribution in [0.4, 0.5) is 34.1 Å². The monoisotopic (exact) mass is 1450 g/mol. The molecule has 4 aliphatic rings. The molecule has 530 valence electrons. The van der Waals surface area contributed by atoms with E-state index in [2.05, 4.69) is 444 Å². The van der Waals surface area contributed by atoms with Crippen LogP contribution in [-0.2, 0) is 10.8 Å². The lowest BCUT2D eigenvalue weighted by atomic mass is 9.65. The second kappa shape index (κ2) is 24.8. The fraction of sp³-hybridized carbons (Fsp3) is 0.0182. The van der Waals surface area contributed by atoms with Crippen LogP contribution in [0.2, 0.25) is 0 Å². The van der Waals surface area contributed by atoms with Gasteiger partial charge in [-0.2, -0.15) is 0 Å². The first-order valence-corrected chi connectivity index (χ1v) is 39.6. The van der Waals surface area contributed by atoms with Crippen LogP contribution in [0.25, 0.3) is 133 Å². The number of nitrogens with zero attached hydrogens (tertiary/aromatic N) is 4. The molecule has 0 amide bonds. The zero-order valence-corrected chi connectivity index (χ0v) is 62.2. The van der Waals surface area contributed by atoms with Crippen LogP contribution in [0.3, 0.4) is 0 Å².